The van der Waals surface area contributed by atoms with Crippen LogP contribution in [-0.2, 0) is 16.0 Å². The van der Waals surface area contributed by atoms with Crippen molar-refractivity contribution in [3.05, 3.63) is 50.3 Å². The van der Waals surface area contributed by atoms with Crippen molar-refractivity contribution < 1.29 is 47.7 Å². The van der Waals surface area contributed by atoms with Gasteiger partial charge in [-0.3, -0.25) is 19.2 Å². The average molecular weight is 650 g/mol. The summed E-state index contributed by atoms with van der Waals surface area (Å²) in [6, 6.07) is 0.197. The molecule has 0 radical (unpaired) electrons. The molecule has 5 N–H and O–H groups in total. The number of primary amides is 1. The predicted octanol–water partition coefficient (Wildman–Crippen LogP) is 1.81. The summed E-state index contributed by atoms with van der Waals surface area (Å²) >= 11 is 0. The van der Waals surface area contributed by atoms with E-state index >= 15 is 0 Å². The van der Waals surface area contributed by atoms with Gasteiger partial charge in [-0.2, -0.15) is 13.2 Å². The first-order chi connectivity index (χ1) is 21.4. The molecule has 248 valence electrons. The van der Waals surface area contributed by atoms with Crippen LogP contribution in [0.15, 0.2) is 33.8 Å². The molecule has 4 atom stereocenters. The fourth-order valence-corrected chi connectivity index (χ4v) is 7.54. The highest BCUT2D eigenvalue weighted by Gasteiger charge is 2.63. The number of ketones is 2. The summed E-state index contributed by atoms with van der Waals surface area (Å²) in [5, 5.41) is 37.7. The molecule has 5 rings (SSSR count). The number of Topliss-reactive ketones (excluding diaryl/α,β-unsaturated/α-hetero) is 2. The highest BCUT2D eigenvalue weighted by atomic mass is 19.4. The van der Waals surface area contributed by atoms with Crippen molar-refractivity contribution in [3.8, 4) is 5.75 Å². The number of benzene rings is 1. The fourth-order valence-electron chi connectivity index (χ4n) is 7.54. The molecular formula is C30H34F3N5O8. The third-order valence-electron chi connectivity index (χ3n) is 9.75. The molecule has 4 aliphatic rings. The van der Waals surface area contributed by atoms with Gasteiger partial charge >= 0.3 is 6.18 Å². The number of aliphatic hydroxyl groups is 2. The van der Waals surface area contributed by atoms with Crippen LogP contribution in [-0.4, -0.2) is 108 Å². The van der Waals surface area contributed by atoms with Gasteiger partial charge in [-0.25, -0.2) is 0 Å². The van der Waals surface area contributed by atoms with Crippen molar-refractivity contribution in [1.29, 1.82) is 0 Å². The van der Waals surface area contributed by atoms with Crippen LogP contribution in [0.4, 0.5) is 18.9 Å². The fraction of sp³-hybridized carbons (Fsp3) is 0.533. The number of hydrogen-bond acceptors (Lipinski definition) is 11. The Bertz CT molecular complexity index is 1630. The molecule has 13 nitrogen and oxygen atoms in total. The van der Waals surface area contributed by atoms with Crippen LogP contribution in [0.1, 0.15) is 45.5 Å². The lowest BCUT2D eigenvalue weighted by Gasteiger charge is -2.50. The topological polar surface area (TPSA) is 194 Å². The van der Waals surface area contributed by atoms with E-state index in [4.69, 9.17) is 5.73 Å². The van der Waals surface area contributed by atoms with E-state index in [0.717, 1.165) is 0 Å². The van der Waals surface area contributed by atoms with Gasteiger partial charge in [0.2, 0.25) is 5.78 Å². The van der Waals surface area contributed by atoms with E-state index in [9.17, 15) is 52.6 Å². The van der Waals surface area contributed by atoms with Gasteiger partial charge in [0.1, 0.15) is 22.8 Å². The summed E-state index contributed by atoms with van der Waals surface area (Å²) in [6.45, 7) is -0.453. The summed E-state index contributed by atoms with van der Waals surface area (Å²) in [5.41, 5.74) is 0.642. The molecule has 3 aliphatic carbocycles. The SMILES string of the molecule is CN(C)c1cc(C(=O)N2CCC(C(F)(F)F)CC2)c(O)c2c1C[C@H]1C[C@H]3[C@H](N(C)C)C(N=O)=C(C(N)=O)C(=O)[C@@]3(O)C(O)=C1C2=O. The van der Waals surface area contributed by atoms with E-state index in [2.05, 4.69) is 5.18 Å². The van der Waals surface area contributed by atoms with E-state index in [-0.39, 0.29) is 49.9 Å². The first-order valence-electron chi connectivity index (χ1n) is 14.6. The van der Waals surface area contributed by atoms with Gasteiger partial charge in [0.25, 0.3) is 11.8 Å². The first kappa shape index (κ1) is 33.1. The second kappa shape index (κ2) is 11.2. The number of phenols is 1. The molecular weight excluding hydrogens is 615 g/mol. The maximum atomic E-state index is 14.2. The van der Waals surface area contributed by atoms with Crippen LogP contribution in [0.25, 0.3) is 0 Å². The second-order valence-electron chi connectivity index (χ2n) is 12.7. The number of rotatable bonds is 5. The lowest BCUT2D eigenvalue weighted by molar-refractivity contribution is -0.183. The molecule has 46 heavy (non-hydrogen) atoms. The number of nitrogens with two attached hydrogens (primary N) is 1. The number of phenolic OH excluding ortho intramolecular Hbond substituents is 1. The average Bonchev–Trinajstić information content (AvgIpc) is 2.97. The number of fused-ring (bicyclic) bond motifs is 3. The Labute approximate surface area is 261 Å². The third kappa shape index (κ3) is 4.76. The zero-order valence-corrected chi connectivity index (χ0v) is 25.5. The van der Waals surface area contributed by atoms with Gasteiger partial charge in [0.15, 0.2) is 11.4 Å². The number of anilines is 1. The Balaban J connectivity index is 1.64. The molecule has 0 saturated carbocycles. The minimum Gasteiger partial charge on any atom is -0.508 e. The summed E-state index contributed by atoms with van der Waals surface area (Å²) < 4.78 is 39.6. The quantitative estimate of drug-likeness (QED) is 0.270. The number of aliphatic hydroxyl groups excluding tert-OH is 1. The Morgan fingerprint density at radius 1 is 1.11 bits per heavy atom. The largest absolute Gasteiger partial charge is 0.508 e. The molecule has 0 spiro atoms. The summed E-state index contributed by atoms with van der Waals surface area (Å²) in [7, 11) is 6.27. The Morgan fingerprint density at radius 3 is 2.22 bits per heavy atom. The molecule has 1 heterocycles. The van der Waals surface area contributed by atoms with Crippen LogP contribution in [0, 0.1) is 22.7 Å². The number of carbonyl (C=O) groups excluding carboxylic acids is 4. The number of likely N-dealkylation sites (N-methyl/N-ethyl adjacent to an activating group) is 1. The maximum absolute atomic E-state index is 14.2. The molecule has 2 amide bonds. The zero-order valence-electron chi connectivity index (χ0n) is 25.5. The van der Waals surface area contributed by atoms with Crippen molar-refractivity contribution >= 4 is 29.1 Å². The summed E-state index contributed by atoms with van der Waals surface area (Å²) in [4.78, 5) is 69.7. The smallest absolute Gasteiger partial charge is 0.391 e. The number of carbonyl (C=O) groups is 4. The van der Waals surface area contributed by atoms with E-state index in [1.165, 1.54) is 30.0 Å². The number of halogens is 3. The Hall–Kier alpha value is -4.31. The number of aromatic hydroxyl groups is 1. The van der Waals surface area contributed by atoms with Gasteiger partial charge in [-0.15, -0.1) is 4.91 Å². The molecule has 0 aromatic heterocycles. The maximum Gasteiger partial charge on any atom is 0.391 e. The van der Waals surface area contributed by atoms with Crippen molar-refractivity contribution in [3.63, 3.8) is 0 Å². The van der Waals surface area contributed by atoms with Crippen LogP contribution in [0.3, 0.4) is 0 Å². The minimum atomic E-state index is -4.41. The second-order valence-corrected chi connectivity index (χ2v) is 12.7. The highest BCUT2D eigenvalue weighted by molar-refractivity contribution is 6.25. The summed E-state index contributed by atoms with van der Waals surface area (Å²) in [6.07, 6.45) is -5.21. The number of alkyl halides is 3. The van der Waals surface area contributed by atoms with Gasteiger partial charge in [-0.05, 0) is 62.5 Å². The normalized spacial score (nSPS) is 27.0. The summed E-state index contributed by atoms with van der Waals surface area (Å²) in [5.74, 6) is -10.0. The number of likely N-dealkylation sites (tertiary alicyclic amines) is 1. The number of hydrogen-bond donors (Lipinski definition) is 4. The number of nitrogens with zero attached hydrogens (tertiary/aromatic N) is 4. The van der Waals surface area contributed by atoms with Crippen LogP contribution in [0.5, 0.6) is 5.75 Å². The molecule has 0 bridgehead atoms. The zero-order chi connectivity index (χ0) is 34.2. The number of nitroso groups, excluding NO2 is 1. The monoisotopic (exact) mass is 649 g/mol. The molecule has 1 aromatic rings. The number of piperidine rings is 1. The van der Waals surface area contributed by atoms with E-state index < -0.39 is 87.3 Å². The molecule has 1 aliphatic heterocycles. The van der Waals surface area contributed by atoms with E-state index in [1.54, 1.807) is 19.0 Å². The van der Waals surface area contributed by atoms with Crippen molar-refractivity contribution in [2.75, 3.05) is 46.2 Å². The van der Waals surface area contributed by atoms with Gasteiger partial charge < -0.3 is 35.8 Å². The predicted molar refractivity (Wildman–Crippen MR) is 156 cm³/mol. The highest BCUT2D eigenvalue weighted by Crippen LogP contribution is 2.54. The van der Waals surface area contributed by atoms with Gasteiger partial charge in [0, 0.05) is 44.4 Å². The standard InChI is InChI=1S/C30H34F3N5O8/c1-36(2)17-11-15(28(44)38-7-5-13(6-8-38)30(31,32)33)23(39)19-14(17)9-12-10-16-22(37(3)4)21(35-46)20(27(34)43)26(42)29(16,45)25(41)18(12)24(19)40/h11-13,16,22,39,41,45H,5-10H2,1-4H3,(H2,34,43)/t12-,16-,22-,29-/m0/s1. The van der Waals surface area contributed by atoms with Crippen molar-refractivity contribution in [2.24, 2.45) is 28.7 Å². The number of allylic oxidation sites excluding steroid dienone is 1. The molecule has 1 saturated heterocycles. The lowest BCUT2D eigenvalue weighted by Crippen LogP contribution is -2.63. The molecule has 1 fully saturated rings. The van der Waals surface area contributed by atoms with Crippen molar-refractivity contribution in [2.45, 2.75) is 43.5 Å². The van der Waals surface area contributed by atoms with E-state index in [1.807, 2.05) is 0 Å². The molecule has 0 unspecified atom stereocenters. The van der Waals surface area contributed by atoms with Gasteiger partial charge in [-0.1, -0.05) is 0 Å². The van der Waals surface area contributed by atoms with E-state index in [0.29, 0.717) is 11.3 Å². The molecule has 16 heteroatoms. The first-order valence-corrected chi connectivity index (χ1v) is 14.6. The molecule has 1 aromatic carbocycles. The van der Waals surface area contributed by atoms with Crippen molar-refractivity contribution in [1.82, 2.24) is 9.80 Å². The number of amides is 2. The Kier molecular flexibility index (Phi) is 8.04. The van der Waals surface area contributed by atoms with Gasteiger partial charge in [0.05, 0.1) is 23.1 Å². The van der Waals surface area contributed by atoms with Crippen LogP contribution in [0.2, 0.25) is 0 Å². The lowest BCUT2D eigenvalue weighted by atomic mass is 9.58. The Morgan fingerprint density at radius 2 is 1.72 bits per heavy atom. The minimum absolute atomic E-state index is 0.00977. The third-order valence-corrected chi connectivity index (χ3v) is 9.75. The van der Waals surface area contributed by atoms with Crippen LogP contribution < -0.4 is 10.6 Å². The van der Waals surface area contributed by atoms with Crippen LogP contribution >= 0.6 is 0 Å².